The van der Waals surface area contributed by atoms with E-state index in [-0.39, 0.29) is 37.2 Å². The fraction of sp³-hybridized carbons (Fsp3) is 0.467. The van der Waals surface area contributed by atoms with Gasteiger partial charge >= 0.3 is 5.97 Å². The highest BCUT2D eigenvalue weighted by atomic mass is 35.5. The van der Waals surface area contributed by atoms with Gasteiger partial charge in [-0.2, -0.15) is 0 Å². The number of ketones is 1. The van der Waals surface area contributed by atoms with Gasteiger partial charge in [0.05, 0.1) is 32.3 Å². The smallest absolute Gasteiger partial charge is 0.303 e. The molecule has 0 bridgehead atoms. The lowest BCUT2D eigenvalue weighted by Crippen LogP contribution is -2.39. The third-order valence-corrected chi connectivity index (χ3v) is 7.91. The van der Waals surface area contributed by atoms with Gasteiger partial charge in [-0.05, 0) is 59.9 Å². The molecule has 10 nitrogen and oxygen atoms in total. The fourth-order valence-electron chi connectivity index (χ4n) is 5.35. The number of aromatic hydroxyl groups is 1. The van der Waals surface area contributed by atoms with Gasteiger partial charge in [-0.1, -0.05) is 17.7 Å². The summed E-state index contributed by atoms with van der Waals surface area (Å²) in [5.74, 6) is -2.34. The van der Waals surface area contributed by atoms with Gasteiger partial charge in [-0.25, -0.2) is 0 Å². The predicted octanol–water partition coefficient (Wildman–Crippen LogP) is 2.92. The Labute approximate surface area is 247 Å². The molecule has 2 aliphatic heterocycles. The second kappa shape index (κ2) is 14.1. The van der Waals surface area contributed by atoms with E-state index in [0.29, 0.717) is 66.6 Å². The van der Waals surface area contributed by atoms with Crippen LogP contribution < -0.4 is 10.6 Å². The number of nitrogens with zero attached hydrogens (tertiary/aromatic N) is 1. The van der Waals surface area contributed by atoms with Crippen LogP contribution in [-0.2, 0) is 26.2 Å². The van der Waals surface area contributed by atoms with Gasteiger partial charge in [-0.3, -0.25) is 23.8 Å². The third-order valence-electron chi connectivity index (χ3n) is 7.70. The SMILES string of the molecule is O=C(O)C[C@H](CC(=O)CNC(=O)c1cc(O)cc(CC2=NCC(O)CN2)c1)c1cc(Cl)cc(C2(CF)CCOCC2)c1. The average molecular weight is 604 g/mol. The van der Waals surface area contributed by atoms with Crippen molar-refractivity contribution < 1.29 is 38.8 Å². The lowest BCUT2D eigenvalue weighted by Gasteiger charge is -2.36. The van der Waals surface area contributed by atoms with Gasteiger partial charge in [0.1, 0.15) is 11.6 Å². The molecule has 1 amide bonds. The summed E-state index contributed by atoms with van der Waals surface area (Å²) in [5.41, 5.74) is 1.14. The summed E-state index contributed by atoms with van der Waals surface area (Å²) in [5, 5.41) is 35.1. The van der Waals surface area contributed by atoms with Gasteiger partial charge in [0.25, 0.3) is 5.91 Å². The van der Waals surface area contributed by atoms with Crippen LogP contribution in [0.3, 0.4) is 0 Å². The Kier molecular flexibility index (Phi) is 10.5. The number of carbonyl (C=O) groups is 3. The zero-order valence-electron chi connectivity index (χ0n) is 23.1. The molecule has 2 aliphatic rings. The number of halogens is 2. The molecule has 0 aliphatic carbocycles. The first-order valence-electron chi connectivity index (χ1n) is 13.8. The number of aliphatic hydroxyl groups is 1. The number of aliphatic carboxylic acids is 1. The molecular formula is C30H35ClFN3O7. The first kappa shape index (κ1) is 31.4. The van der Waals surface area contributed by atoms with Crippen molar-refractivity contribution >= 4 is 35.1 Å². The predicted molar refractivity (Wildman–Crippen MR) is 154 cm³/mol. The van der Waals surface area contributed by atoms with Crippen molar-refractivity contribution in [2.24, 2.45) is 4.99 Å². The minimum atomic E-state index is -1.11. The molecule has 5 N–H and O–H groups in total. The van der Waals surface area contributed by atoms with Crippen LogP contribution in [0.1, 0.15) is 58.6 Å². The molecule has 4 rings (SSSR count). The Bertz CT molecular complexity index is 1350. The van der Waals surface area contributed by atoms with Gasteiger partial charge < -0.3 is 30.7 Å². The number of benzene rings is 2. The number of rotatable bonds is 12. The lowest BCUT2D eigenvalue weighted by molar-refractivity contribution is -0.137. The molecule has 1 saturated heterocycles. The van der Waals surface area contributed by atoms with Crippen molar-refractivity contribution in [2.45, 2.75) is 49.5 Å². The van der Waals surface area contributed by atoms with Crippen molar-refractivity contribution in [3.63, 3.8) is 0 Å². The highest BCUT2D eigenvalue weighted by Crippen LogP contribution is 2.39. The van der Waals surface area contributed by atoms with Crippen molar-refractivity contribution in [3.8, 4) is 5.75 Å². The normalized spacial score (nSPS) is 18.8. The molecule has 226 valence electrons. The first-order valence-corrected chi connectivity index (χ1v) is 14.2. The number of carboxylic acids is 1. The van der Waals surface area contributed by atoms with Crippen LogP contribution in [0.15, 0.2) is 41.4 Å². The summed E-state index contributed by atoms with van der Waals surface area (Å²) in [4.78, 5) is 41.7. The molecular weight excluding hydrogens is 569 g/mol. The van der Waals surface area contributed by atoms with Crippen LogP contribution >= 0.6 is 11.6 Å². The number of aliphatic hydroxyl groups excluding tert-OH is 1. The molecule has 2 aromatic carbocycles. The van der Waals surface area contributed by atoms with Gasteiger partial charge in [0.2, 0.25) is 0 Å². The molecule has 0 aromatic heterocycles. The Morgan fingerprint density at radius 1 is 1.14 bits per heavy atom. The maximum Gasteiger partial charge on any atom is 0.303 e. The zero-order chi connectivity index (χ0) is 30.3. The second-order valence-electron chi connectivity index (χ2n) is 10.9. The molecule has 1 fully saturated rings. The average Bonchev–Trinajstić information content (AvgIpc) is 2.96. The van der Waals surface area contributed by atoms with Crippen molar-refractivity contribution in [1.29, 1.82) is 0 Å². The number of aliphatic imine (C=N–C) groups is 1. The van der Waals surface area contributed by atoms with Crippen LogP contribution in [0.25, 0.3) is 0 Å². The summed E-state index contributed by atoms with van der Waals surface area (Å²) in [6, 6.07) is 9.36. The number of β-amino-alcohol motifs (C(OH)–C–C–N with tert-alkyl or cyclic N) is 1. The summed E-state index contributed by atoms with van der Waals surface area (Å²) < 4.78 is 19.7. The van der Waals surface area contributed by atoms with E-state index in [1.807, 2.05) is 0 Å². The highest BCUT2D eigenvalue weighted by Gasteiger charge is 2.36. The quantitative estimate of drug-likeness (QED) is 0.248. The number of Topliss-reactive ketones (excluding diaryl/α,β-unsaturated/α-hetero) is 1. The Hall–Kier alpha value is -3.54. The van der Waals surface area contributed by atoms with Crippen LogP contribution in [0, 0.1) is 0 Å². The van der Waals surface area contributed by atoms with Crippen LogP contribution in [-0.4, -0.2) is 84.4 Å². The number of carbonyl (C=O) groups excluding carboxylic acids is 2. The van der Waals surface area contributed by atoms with Crippen molar-refractivity contribution in [3.05, 3.63) is 63.7 Å². The summed E-state index contributed by atoms with van der Waals surface area (Å²) in [7, 11) is 0. The van der Waals surface area contributed by atoms with Gasteiger partial charge in [-0.15, -0.1) is 0 Å². The monoisotopic (exact) mass is 603 g/mol. The fourth-order valence-corrected chi connectivity index (χ4v) is 5.60. The van der Waals surface area contributed by atoms with E-state index < -0.39 is 41.8 Å². The molecule has 1 unspecified atom stereocenters. The van der Waals surface area contributed by atoms with Crippen molar-refractivity contribution in [1.82, 2.24) is 10.6 Å². The molecule has 0 spiro atoms. The number of hydrogen-bond acceptors (Lipinski definition) is 8. The maximum absolute atomic E-state index is 14.3. The number of hydrogen-bond donors (Lipinski definition) is 5. The van der Waals surface area contributed by atoms with Gasteiger partial charge in [0, 0.05) is 54.5 Å². The molecule has 2 heterocycles. The number of carboxylic acid groups (broad SMARTS) is 1. The highest BCUT2D eigenvalue weighted by molar-refractivity contribution is 6.30. The topological polar surface area (TPSA) is 158 Å². The van der Waals surface area contributed by atoms with E-state index in [1.54, 1.807) is 24.3 Å². The number of ether oxygens (including phenoxy) is 1. The lowest BCUT2D eigenvalue weighted by atomic mass is 9.74. The minimum Gasteiger partial charge on any atom is -0.508 e. The summed E-state index contributed by atoms with van der Waals surface area (Å²) in [6.07, 6.45) is 0.142. The number of nitrogens with one attached hydrogen (secondary N) is 2. The molecule has 12 heteroatoms. The number of amides is 1. The summed E-state index contributed by atoms with van der Waals surface area (Å²) in [6.45, 7) is 0.457. The van der Waals surface area contributed by atoms with E-state index >= 15 is 0 Å². The number of phenols is 1. The van der Waals surface area contributed by atoms with E-state index in [1.165, 1.54) is 12.1 Å². The van der Waals surface area contributed by atoms with E-state index in [2.05, 4.69) is 15.6 Å². The van der Waals surface area contributed by atoms with Gasteiger partial charge in [0.15, 0.2) is 5.78 Å². The number of phenolic OH excluding ortho intramolecular Hbond substituents is 1. The molecule has 42 heavy (non-hydrogen) atoms. The standard InChI is InChI=1S/C30H35ClFN3O7/c31-23-9-19(8-22(13-23)30(17-32)1-3-42-4-2-30)20(12-28(39)40)10-25(37)14-35-29(41)21-5-18(6-24(36)11-21)7-27-33-15-26(38)16-34-27/h5-6,8-9,11,13,20,26,36,38H,1-4,7,10,12,14-17H2,(H,33,34)(H,35,41)(H,39,40)/t20-/m0/s1. The zero-order valence-corrected chi connectivity index (χ0v) is 23.8. The maximum atomic E-state index is 14.3. The minimum absolute atomic E-state index is 0.130. The Balaban J connectivity index is 1.43. The van der Waals surface area contributed by atoms with E-state index in [4.69, 9.17) is 16.3 Å². The van der Waals surface area contributed by atoms with Crippen LogP contribution in [0.5, 0.6) is 5.75 Å². The summed E-state index contributed by atoms with van der Waals surface area (Å²) >= 11 is 6.38. The van der Waals surface area contributed by atoms with Crippen molar-refractivity contribution in [2.75, 3.05) is 39.5 Å². The Morgan fingerprint density at radius 3 is 2.57 bits per heavy atom. The Morgan fingerprint density at radius 2 is 1.90 bits per heavy atom. The first-order chi connectivity index (χ1) is 20.1. The van der Waals surface area contributed by atoms with E-state index in [0.717, 1.165) is 0 Å². The second-order valence-corrected chi connectivity index (χ2v) is 11.3. The van der Waals surface area contributed by atoms with Crippen LogP contribution in [0.2, 0.25) is 5.02 Å². The molecule has 0 saturated carbocycles. The molecule has 2 aromatic rings. The molecule has 2 atom stereocenters. The largest absolute Gasteiger partial charge is 0.508 e. The number of alkyl halides is 1. The molecule has 0 radical (unpaired) electrons. The van der Waals surface area contributed by atoms with E-state index in [9.17, 15) is 34.1 Å². The third kappa shape index (κ3) is 8.27. The van der Waals surface area contributed by atoms with Crippen LogP contribution in [0.4, 0.5) is 4.39 Å². The number of amidine groups is 1.